The smallest absolute Gasteiger partial charge is 0.120 e. The van der Waals surface area contributed by atoms with Crippen molar-refractivity contribution in [2.75, 3.05) is 0 Å². The molecule has 4 aliphatic rings. The van der Waals surface area contributed by atoms with Crippen LogP contribution in [0.25, 0.3) is 11.1 Å². The van der Waals surface area contributed by atoms with Gasteiger partial charge in [-0.2, -0.15) is 0 Å². The van der Waals surface area contributed by atoms with Crippen molar-refractivity contribution >= 4 is 11.1 Å². The summed E-state index contributed by atoms with van der Waals surface area (Å²) in [6, 6.07) is 0. The van der Waals surface area contributed by atoms with E-state index in [-0.39, 0.29) is 10.8 Å². The molecule has 1 aromatic heterocycles. The van der Waals surface area contributed by atoms with Crippen molar-refractivity contribution in [3.05, 3.63) is 71.1 Å². The van der Waals surface area contributed by atoms with E-state index in [0.717, 1.165) is 11.4 Å². The van der Waals surface area contributed by atoms with Crippen LogP contribution in [0, 0.1) is 10.8 Å². The Bertz CT molecular complexity index is 838. The molecule has 0 amide bonds. The average Bonchev–Trinajstić information content (AvgIpc) is 2.54. The zero-order chi connectivity index (χ0) is 14.9. The van der Waals surface area contributed by atoms with Crippen molar-refractivity contribution in [1.29, 1.82) is 0 Å². The minimum absolute atomic E-state index is 0.160. The molecule has 1 heterocycles. The number of aromatic nitrogens is 4. The van der Waals surface area contributed by atoms with Gasteiger partial charge in [0.25, 0.3) is 0 Å². The Labute approximate surface area is 128 Å². The molecule has 0 unspecified atom stereocenters. The van der Waals surface area contributed by atoms with Crippen molar-refractivity contribution in [1.82, 2.24) is 20.6 Å². The van der Waals surface area contributed by atoms with Crippen molar-refractivity contribution in [2.45, 2.75) is 13.8 Å². The molecule has 4 heteroatoms. The molecule has 4 nitrogen and oxygen atoms in total. The number of rotatable bonds is 0. The van der Waals surface area contributed by atoms with Crippen LogP contribution in [-0.2, 0) is 0 Å². The van der Waals surface area contributed by atoms with Gasteiger partial charge in [-0.25, -0.2) is 0 Å². The predicted octanol–water partition coefficient (Wildman–Crippen LogP) is 3.07. The van der Waals surface area contributed by atoms with E-state index in [1.165, 1.54) is 22.3 Å². The molecule has 0 fully saturated rings. The molecule has 0 aromatic carbocycles. The Morgan fingerprint density at radius 2 is 1.14 bits per heavy atom. The number of fused-ring (bicyclic) bond motifs is 3. The minimum Gasteiger partial charge on any atom is -0.127 e. The molecule has 106 valence electrons. The van der Waals surface area contributed by atoms with Crippen molar-refractivity contribution < 1.29 is 0 Å². The van der Waals surface area contributed by atoms with E-state index in [1.807, 2.05) is 0 Å². The normalized spacial score (nSPS) is 33.2. The van der Waals surface area contributed by atoms with Crippen molar-refractivity contribution in [3.8, 4) is 0 Å². The van der Waals surface area contributed by atoms with Gasteiger partial charge in [0.1, 0.15) is 11.4 Å². The lowest BCUT2D eigenvalue weighted by Gasteiger charge is -2.56. The first-order chi connectivity index (χ1) is 10.7. The molecule has 0 N–H and O–H groups in total. The second kappa shape index (κ2) is 3.58. The monoisotopic (exact) mass is 286 g/mol. The Balaban J connectivity index is 2.00. The largest absolute Gasteiger partial charge is 0.127 e. The van der Waals surface area contributed by atoms with Gasteiger partial charge in [-0.1, -0.05) is 62.5 Å². The Morgan fingerprint density at radius 3 is 1.59 bits per heavy atom. The number of hydrogen-bond donors (Lipinski definition) is 0. The van der Waals surface area contributed by atoms with Crippen LogP contribution < -0.4 is 0 Å². The zero-order valence-electron chi connectivity index (χ0n) is 12.4. The number of nitrogens with zero attached hydrogens (tertiary/aromatic N) is 4. The van der Waals surface area contributed by atoms with Gasteiger partial charge < -0.3 is 0 Å². The number of hydrogen-bond acceptors (Lipinski definition) is 4. The highest BCUT2D eigenvalue weighted by atomic mass is 15.4. The molecular formula is C18H14N4. The third-order valence-electron chi connectivity index (χ3n) is 5.82. The molecule has 0 bridgehead atoms. The molecule has 0 radical (unpaired) electrons. The second-order valence-electron chi connectivity index (χ2n) is 6.45. The SMILES string of the molecule is C[C@@]12C3=CC=C4C=CC=C(c5nnnnc5C1=CC=C3)[C@@]42C. The maximum Gasteiger partial charge on any atom is 0.120 e. The van der Waals surface area contributed by atoms with E-state index < -0.39 is 0 Å². The summed E-state index contributed by atoms with van der Waals surface area (Å²) in [5, 5.41) is 16.2. The minimum atomic E-state index is -0.160. The van der Waals surface area contributed by atoms with Crippen molar-refractivity contribution in [2.24, 2.45) is 10.8 Å². The average molecular weight is 286 g/mol. The summed E-state index contributed by atoms with van der Waals surface area (Å²) in [6.07, 6.45) is 17.3. The van der Waals surface area contributed by atoms with Gasteiger partial charge in [-0.15, -0.1) is 10.2 Å². The summed E-state index contributed by atoms with van der Waals surface area (Å²) in [4.78, 5) is 0. The van der Waals surface area contributed by atoms with E-state index in [9.17, 15) is 0 Å². The standard InChI is InChI=1S/C18H14N4/c1-17-11-5-3-7-13(17)15-16(20-22-21-19-15)14-8-4-6-12(10-9-11)18(14,17)2/h3-10H,1-2H3/t17-,18-/m1/s1. The first kappa shape index (κ1) is 12.0. The molecule has 1 aromatic rings. The summed E-state index contributed by atoms with van der Waals surface area (Å²) in [5.41, 5.74) is 6.36. The highest BCUT2D eigenvalue weighted by Crippen LogP contribution is 2.68. The molecule has 0 aliphatic heterocycles. The first-order valence-corrected chi connectivity index (χ1v) is 7.45. The van der Waals surface area contributed by atoms with Crippen LogP contribution in [0.3, 0.4) is 0 Å². The van der Waals surface area contributed by atoms with E-state index in [4.69, 9.17) is 0 Å². The van der Waals surface area contributed by atoms with Crippen LogP contribution in [0.4, 0.5) is 0 Å². The van der Waals surface area contributed by atoms with Crippen LogP contribution >= 0.6 is 0 Å². The topological polar surface area (TPSA) is 51.6 Å². The summed E-state index contributed by atoms with van der Waals surface area (Å²) >= 11 is 0. The Kier molecular flexibility index (Phi) is 1.95. The lowest BCUT2D eigenvalue weighted by atomic mass is 9.45. The molecule has 5 rings (SSSR count). The third kappa shape index (κ3) is 1.06. The van der Waals surface area contributed by atoms with Crippen molar-refractivity contribution in [3.63, 3.8) is 0 Å². The third-order valence-corrected chi connectivity index (χ3v) is 5.82. The molecule has 0 saturated heterocycles. The Hall–Kier alpha value is -2.62. The van der Waals surface area contributed by atoms with Crippen LogP contribution in [0.2, 0.25) is 0 Å². The molecule has 2 atom stereocenters. The van der Waals surface area contributed by atoms with Gasteiger partial charge in [0.2, 0.25) is 0 Å². The van der Waals surface area contributed by atoms with Crippen LogP contribution in [-0.4, -0.2) is 20.6 Å². The van der Waals surface area contributed by atoms with Gasteiger partial charge in [0, 0.05) is 10.8 Å². The lowest BCUT2D eigenvalue weighted by Crippen LogP contribution is -2.48. The molecule has 22 heavy (non-hydrogen) atoms. The fourth-order valence-corrected chi connectivity index (χ4v) is 4.43. The summed E-state index contributed by atoms with van der Waals surface area (Å²) < 4.78 is 0. The Morgan fingerprint density at radius 1 is 0.682 bits per heavy atom. The van der Waals surface area contributed by atoms with Gasteiger partial charge >= 0.3 is 0 Å². The molecular weight excluding hydrogens is 272 g/mol. The molecule has 0 spiro atoms. The van der Waals surface area contributed by atoms with Gasteiger partial charge in [0.15, 0.2) is 0 Å². The van der Waals surface area contributed by atoms with E-state index in [1.54, 1.807) is 0 Å². The van der Waals surface area contributed by atoms with E-state index in [0.29, 0.717) is 0 Å². The van der Waals surface area contributed by atoms with Crippen LogP contribution in [0.15, 0.2) is 59.8 Å². The van der Waals surface area contributed by atoms with Gasteiger partial charge in [-0.05, 0) is 32.7 Å². The van der Waals surface area contributed by atoms with E-state index >= 15 is 0 Å². The van der Waals surface area contributed by atoms with E-state index in [2.05, 4.69) is 83.1 Å². The van der Waals surface area contributed by atoms with Gasteiger partial charge in [-0.3, -0.25) is 0 Å². The first-order valence-electron chi connectivity index (χ1n) is 7.45. The predicted molar refractivity (Wildman–Crippen MR) is 84.2 cm³/mol. The van der Waals surface area contributed by atoms with Crippen LogP contribution in [0.5, 0.6) is 0 Å². The fourth-order valence-electron chi connectivity index (χ4n) is 4.43. The zero-order valence-corrected chi connectivity index (χ0v) is 12.4. The fraction of sp³-hybridized carbons (Fsp3) is 0.222. The molecule has 4 aliphatic carbocycles. The summed E-state index contributed by atoms with van der Waals surface area (Å²) in [5.74, 6) is 0. The quantitative estimate of drug-likeness (QED) is 0.735. The summed E-state index contributed by atoms with van der Waals surface area (Å²) in [6.45, 7) is 4.61. The number of allylic oxidation sites excluding steroid dienone is 12. The summed E-state index contributed by atoms with van der Waals surface area (Å²) in [7, 11) is 0. The maximum atomic E-state index is 4.32. The lowest BCUT2D eigenvalue weighted by molar-refractivity contribution is 0.299. The van der Waals surface area contributed by atoms with Gasteiger partial charge in [0.05, 0.1) is 0 Å². The highest BCUT2D eigenvalue weighted by Gasteiger charge is 2.59. The molecule has 0 saturated carbocycles. The second-order valence-corrected chi connectivity index (χ2v) is 6.45. The van der Waals surface area contributed by atoms with Crippen LogP contribution in [0.1, 0.15) is 25.2 Å². The maximum absolute atomic E-state index is 4.32. The highest BCUT2D eigenvalue weighted by molar-refractivity contribution is 5.94.